The van der Waals surface area contributed by atoms with E-state index in [2.05, 4.69) is 37.8 Å². The van der Waals surface area contributed by atoms with Crippen LogP contribution in [0.1, 0.15) is 39.5 Å². The van der Waals surface area contributed by atoms with Crippen molar-refractivity contribution in [2.24, 2.45) is 28.6 Å². The van der Waals surface area contributed by atoms with Crippen molar-refractivity contribution in [3.8, 4) is 0 Å². The number of fused-ring (bicyclic) bond motifs is 5. The molecule has 0 bridgehead atoms. The normalized spacial score (nSPS) is 55.4. The van der Waals surface area contributed by atoms with Gasteiger partial charge in [-0.05, 0) is 55.6 Å². The quantitative estimate of drug-likeness (QED) is 0.712. The van der Waals surface area contributed by atoms with Crippen LogP contribution in [0.5, 0.6) is 0 Å². The Kier molecular flexibility index (Phi) is 3.07. The molecule has 3 fully saturated rings. The number of allylic oxidation sites excluding steroid dienone is 3. The first-order valence-electron chi connectivity index (χ1n) is 8.35. The van der Waals surface area contributed by atoms with E-state index in [0.29, 0.717) is 22.8 Å². The van der Waals surface area contributed by atoms with Crippen LogP contribution < -0.4 is 0 Å². The largest absolute Gasteiger partial charge is 0.508 e. The average Bonchev–Trinajstić information content (AvgIpc) is 2.76. The molecule has 116 valence electrons. The van der Waals surface area contributed by atoms with Crippen LogP contribution in [0.3, 0.4) is 0 Å². The second-order valence-corrected chi connectivity index (χ2v) is 9.21. The van der Waals surface area contributed by atoms with Crippen molar-refractivity contribution in [2.75, 3.05) is 5.75 Å². The van der Waals surface area contributed by atoms with E-state index in [1.165, 1.54) is 19.3 Å². The first kappa shape index (κ1) is 14.2. The van der Waals surface area contributed by atoms with Crippen molar-refractivity contribution < 1.29 is 10.2 Å². The van der Waals surface area contributed by atoms with Crippen molar-refractivity contribution in [1.82, 2.24) is 0 Å². The monoisotopic (exact) mass is 306 g/mol. The second-order valence-electron chi connectivity index (χ2n) is 8.08. The van der Waals surface area contributed by atoms with Crippen LogP contribution in [-0.2, 0) is 0 Å². The number of rotatable bonds is 0. The standard InChI is InChI=1S/C18H26O2S/c1-17-8-7-12(19)9-11(17)3-4-13-14-5-6-15(20)18(14,2)10-21-16(13)17/h7-9,11,13-16,19-20H,3-6,10H2,1-2H3/t11?,13-,14-,15?,16+,17-,18-/m0/s1. The first-order chi connectivity index (χ1) is 9.95. The molecule has 4 aliphatic rings. The Bertz CT molecular complexity index is 513. The molecule has 3 heteroatoms. The maximum Gasteiger partial charge on any atom is 0.111 e. The Morgan fingerprint density at radius 2 is 2.00 bits per heavy atom. The number of aliphatic hydroxyl groups excluding tert-OH is 2. The Labute approximate surface area is 131 Å². The van der Waals surface area contributed by atoms with E-state index in [-0.39, 0.29) is 16.9 Å². The van der Waals surface area contributed by atoms with Gasteiger partial charge < -0.3 is 10.2 Å². The maximum atomic E-state index is 10.4. The van der Waals surface area contributed by atoms with Crippen LogP contribution in [-0.4, -0.2) is 27.3 Å². The van der Waals surface area contributed by atoms with Crippen LogP contribution in [0.2, 0.25) is 0 Å². The topological polar surface area (TPSA) is 40.5 Å². The zero-order valence-electron chi connectivity index (χ0n) is 13.0. The van der Waals surface area contributed by atoms with Gasteiger partial charge in [0.25, 0.3) is 0 Å². The van der Waals surface area contributed by atoms with E-state index in [1.807, 2.05) is 6.08 Å². The van der Waals surface area contributed by atoms with E-state index in [0.717, 1.165) is 18.1 Å². The molecular formula is C18H26O2S. The lowest BCUT2D eigenvalue weighted by atomic mass is 9.57. The molecule has 0 aromatic rings. The third-order valence-corrected chi connectivity index (χ3v) is 9.05. The van der Waals surface area contributed by atoms with Gasteiger partial charge in [-0.2, -0.15) is 11.8 Å². The second kappa shape index (κ2) is 4.55. The molecule has 21 heavy (non-hydrogen) atoms. The Morgan fingerprint density at radius 1 is 1.19 bits per heavy atom. The van der Waals surface area contributed by atoms with Crippen molar-refractivity contribution in [1.29, 1.82) is 0 Å². The Morgan fingerprint density at radius 3 is 2.81 bits per heavy atom. The van der Waals surface area contributed by atoms with Crippen LogP contribution in [0, 0.1) is 28.6 Å². The van der Waals surface area contributed by atoms with Gasteiger partial charge >= 0.3 is 0 Å². The van der Waals surface area contributed by atoms with Crippen LogP contribution in [0.15, 0.2) is 24.0 Å². The third kappa shape index (κ3) is 1.83. The zero-order valence-corrected chi connectivity index (χ0v) is 13.8. The Balaban J connectivity index is 1.68. The van der Waals surface area contributed by atoms with Crippen LogP contribution >= 0.6 is 11.8 Å². The number of aliphatic hydroxyl groups is 2. The average molecular weight is 306 g/mol. The zero-order chi connectivity index (χ0) is 14.8. The number of hydrogen-bond donors (Lipinski definition) is 2. The molecule has 0 spiro atoms. The molecule has 1 saturated heterocycles. The van der Waals surface area contributed by atoms with Gasteiger partial charge in [0.1, 0.15) is 5.76 Å². The molecule has 4 rings (SSSR count). The molecule has 2 unspecified atom stereocenters. The summed E-state index contributed by atoms with van der Waals surface area (Å²) in [6.45, 7) is 4.70. The summed E-state index contributed by atoms with van der Waals surface area (Å²) in [5.74, 6) is 3.42. The molecule has 7 atom stereocenters. The van der Waals surface area contributed by atoms with E-state index in [4.69, 9.17) is 0 Å². The lowest BCUT2D eigenvalue weighted by Gasteiger charge is -2.57. The summed E-state index contributed by atoms with van der Waals surface area (Å²) in [7, 11) is 0. The smallest absolute Gasteiger partial charge is 0.111 e. The first-order valence-corrected chi connectivity index (χ1v) is 9.40. The Hall–Kier alpha value is -0.410. The molecule has 0 aromatic carbocycles. The minimum Gasteiger partial charge on any atom is -0.508 e. The van der Waals surface area contributed by atoms with Gasteiger partial charge in [0.15, 0.2) is 0 Å². The van der Waals surface area contributed by atoms with Gasteiger partial charge in [0.2, 0.25) is 0 Å². The summed E-state index contributed by atoms with van der Waals surface area (Å²) >= 11 is 2.09. The number of thioether (sulfide) groups is 1. The lowest BCUT2D eigenvalue weighted by Crippen LogP contribution is -2.54. The van der Waals surface area contributed by atoms with Gasteiger partial charge in [0.05, 0.1) is 6.10 Å². The maximum absolute atomic E-state index is 10.4. The third-order valence-electron chi connectivity index (χ3n) is 7.05. The summed E-state index contributed by atoms with van der Waals surface area (Å²) in [6, 6.07) is 0. The van der Waals surface area contributed by atoms with Crippen molar-refractivity contribution in [3.63, 3.8) is 0 Å². The van der Waals surface area contributed by atoms with E-state index < -0.39 is 0 Å². The summed E-state index contributed by atoms with van der Waals surface area (Å²) in [6.07, 6.45) is 10.8. The molecule has 0 aromatic heterocycles. The minimum atomic E-state index is -0.104. The highest BCUT2D eigenvalue weighted by Gasteiger charge is 2.59. The summed E-state index contributed by atoms with van der Waals surface area (Å²) in [5, 5.41) is 20.9. The van der Waals surface area contributed by atoms with Gasteiger partial charge in [-0.15, -0.1) is 0 Å². The van der Waals surface area contributed by atoms with Gasteiger partial charge in [-0.3, -0.25) is 0 Å². The van der Waals surface area contributed by atoms with E-state index >= 15 is 0 Å². The predicted octanol–water partition coefficient (Wildman–Crippen LogP) is 3.92. The summed E-state index contributed by atoms with van der Waals surface area (Å²) < 4.78 is 0. The fraction of sp³-hybridized carbons (Fsp3) is 0.778. The molecule has 2 N–H and O–H groups in total. The van der Waals surface area contributed by atoms with Crippen LogP contribution in [0.25, 0.3) is 0 Å². The predicted molar refractivity (Wildman–Crippen MR) is 87.3 cm³/mol. The molecule has 0 amide bonds. The fourth-order valence-electron chi connectivity index (χ4n) is 5.65. The van der Waals surface area contributed by atoms with Crippen molar-refractivity contribution >= 4 is 11.8 Å². The molecule has 1 heterocycles. The fourth-order valence-corrected chi connectivity index (χ4v) is 7.78. The van der Waals surface area contributed by atoms with Crippen molar-refractivity contribution in [3.05, 3.63) is 24.0 Å². The number of hydrogen-bond acceptors (Lipinski definition) is 3. The molecule has 2 nitrogen and oxygen atoms in total. The molecule has 1 aliphatic heterocycles. The highest BCUT2D eigenvalue weighted by Crippen LogP contribution is 2.63. The summed E-state index contributed by atoms with van der Waals surface area (Å²) in [5.41, 5.74) is 0.306. The molecule has 0 radical (unpaired) electrons. The van der Waals surface area contributed by atoms with Gasteiger partial charge in [0, 0.05) is 21.8 Å². The lowest BCUT2D eigenvalue weighted by molar-refractivity contribution is 0.00864. The highest BCUT2D eigenvalue weighted by atomic mass is 32.2. The SMILES string of the molecule is C[C@]12C=CC(O)=CC1CC[C@@H]1[C@H]2SC[C@]2(C)C(O)CC[C@@H]12. The van der Waals surface area contributed by atoms with E-state index in [1.54, 1.807) is 0 Å². The van der Waals surface area contributed by atoms with E-state index in [9.17, 15) is 10.2 Å². The highest BCUT2D eigenvalue weighted by molar-refractivity contribution is 8.00. The minimum absolute atomic E-state index is 0.104. The molecule has 3 aliphatic carbocycles. The molecular weight excluding hydrogens is 280 g/mol. The van der Waals surface area contributed by atoms with Crippen molar-refractivity contribution in [2.45, 2.75) is 50.9 Å². The molecule has 2 saturated carbocycles. The van der Waals surface area contributed by atoms with Gasteiger partial charge in [-0.25, -0.2) is 0 Å². The van der Waals surface area contributed by atoms with Crippen LogP contribution in [0.4, 0.5) is 0 Å². The summed E-state index contributed by atoms with van der Waals surface area (Å²) in [4.78, 5) is 0. The van der Waals surface area contributed by atoms with Gasteiger partial charge in [-0.1, -0.05) is 19.9 Å².